The Morgan fingerprint density at radius 3 is 2.61 bits per heavy atom. The normalized spacial score (nSPS) is 10.3. The van der Waals surface area contributed by atoms with Crippen molar-refractivity contribution in [2.24, 2.45) is 0 Å². The zero-order valence-electron chi connectivity index (χ0n) is 10.1. The zero-order valence-corrected chi connectivity index (χ0v) is 11.7. The third kappa shape index (κ3) is 4.51. The average molecular weight is 306 g/mol. The summed E-state index contributed by atoms with van der Waals surface area (Å²) in [4.78, 5) is 0. The first kappa shape index (κ1) is 13.1. The van der Waals surface area contributed by atoms with E-state index in [0.29, 0.717) is 6.61 Å². The van der Waals surface area contributed by atoms with Crippen LogP contribution in [0.5, 0.6) is 5.75 Å². The molecule has 0 bridgehead atoms. The first-order valence-electron chi connectivity index (χ1n) is 5.97. The third-order valence-corrected chi connectivity index (χ3v) is 3.01. The van der Waals surface area contributed by atoms with Gasteiger partial charge in [-0.15, -0.1) is 0 Å². The van der Waals surface area contributed by atoms with E-state index < -0.39 is 0 Å². The van der Waals surface area contributed by atoms with Gasteiger partial charge in [0.1, 0.15) is 12.4 Å². The monoisotopic (exact) mass is 305 g/mol. The van der Waals surface area contributed by atoms with Gasteiger partial charge in [0, 0.05) is 17.6 Å². The van der Waals surface area contributed by atoms with Crippen LogP contribution in [-0.2, 0) is 6.54 Å². The van der Waals surface area contributed by atoms with Gasteiger partial charge in [0.05, 0.1) is 0 Å². The molecule has 0 saturated heterocycles. The summed E-state index contributed by atoms with van der Waals surface area (Å²) in [6.07, 6.45) is 0. The van der Waals surface area contributed by atoms with Crippen LogP contribution in [-0.4, -0.2) is 13.2 Å². The molecule has 1 N–H and O–H groups in total. The Hall–Kier alpha value is -1.32. The highest BCUT2D eigenvalue weighted by molar-refractivity contribution is 9.10. The van der Waals surface area contributed by atoms with Crippen LogP contribution in [0.25, 0.3) is 0 Å². The molecule has 0 atom stereocenters. The van der Waals surface area contributed by atoms with Crippen LogP contribution >= 0.6 is 15.9 Å². The molecule has 2 rings (SSSR count). The van der Waals surface area contributed by atoms with Crippen molar-refractivity contribution in [1.82, 2.24) is 5.32 Å². The predicted octanol–water partition coefficient (Wildman–Crippen LogP) is 3.62. The van der Waals surface area contributed by atoms with Gasteiger partial charge < -0.3 is 10.1 Å². The molecule has 0 unspecified atom stereocenters. The quantitative estimate of drug-likeness (QED) is 0.823. The Balaban J connectivity index is 1.65. The first-order valence-corrected chi connectivity index (χ1v) is 6.77. The lowest BCUT2D eigenvalue weighted by Crippen LogP contribution is -2.20. The van der Waals surface area contributed by atoms with E-state index in [0.717, 1.165) is 23.3 Å². The molecule has 0 fully saturated rings. The fourth-order valence-corrected chi connectivity index (χ4v) is 2.00. The highest BCUT2D eigenvalue weighted by Crippen LogP contribution is 2.17. The number of halogens is 1. The summed E-state index contributed by atoms with van der Waals surface area (Å²) in [5, 5.41) is 3.35. The van der Waals surface area contributed by atoms with Gasteiger partial charge in [0.2, 0.25) is 0 Å². The number of nitrogens with one attached hydrogen (secondary N) is 1. The average Bonchev–Trinajstić information content (AvgIpc) is 2.40. The van der Waals surface area contributed by atoms with Crippen molar-refractivity contribution in [1.29, 1.82) is 0 Å². The van der Waals surface area contributed by atoms with E-state index in [9.17, 15) is 0 Å². The van der Waals surface area contributed by atoms with Crippen molar-refractivity contribution >= 4 is 15.9 Å². The van der Waals surface area contributed by atoms with Gasteiger partial charge in [-0.05, 0) is 23.8 Å². The Morgan fingerprint density at radius 2 is 1.83 bits per heavy atom. The van der Waals surface area contributed by atoms with E-state index in [4.69, 9.17) is 4.74 Å². The summed E-state index contributed by atoms with van der Waals surface area (Å²) in [5.74, 6) is 0.894. The van der Waals surface area contributed by atoms with Gasteiger partial charge in [-0.25, -0.2) is 0 Å². The molecule has 3 heteroatoms. The Bertz CT molecular complexity index is 473. The lowest BCUT2D eigenvalue weighted by Gasteiger charge is -2.07. The summed E-state index contributed by atoms with van der Waals surface area (Å²) in [5.41, 5.74) is 1.29. The lowest BCUT2D eigenvalue weighted by molar-refractivity contribution is 0.313. The molecule has 0 aliphatic carbocycles. The fraction of sp³-hybridized carbons (Fsp3) is 0.200. The van der Waals surface area contributed by atoms with Crippen LogP contribution in [0.1, 0.15) is 5.56 Å². The second-order valence-corrected chi connectivity index (χ2v) is 4.88. The topological polar surface area (TPSA) is 21.3 Å². The summed E-state index contributed by atoms with van der Waals surface area (Å²) in [6, 6.07) is 18.2. The van der Waals surface area contributed by atoms with Crippen LogP contribution in [0.2, 0.25) is 0 Å². The molecule has 94 valence electrons. The minimum absolute atomic E-state index is 0.670. The number of benzene rings is 2. The molecule has 18 heavy (non-hydrogen) atoms. The zero-order chi connectivity index (χ0) is 12.6. The predicted molar refractivity (Wildman–Crippen MR) is 77.8 cm³/mol. The summed E-state index contributed by atoms with van der Waals surface area (Å²) >= 11 is 3.42. The highest BCUT2D eigenvalue weighted by atomic mass is 79.9. The molecule has 2 aromatic carbocycles. The summed E-state index contributed by atoms with van der Waals surface area (Å²) in [6.45, 7) is 2.38. The van der Waals surface area contributed by atoms with Crippen molar-refractivity contribution in [2.45, 2.75) is 6.54 Å². The van der Waals surface area contributed by atoms with Crippen LogP contribution < -0.4 is 10.1 Å². The molecule has 0 radical (unpaired) electrons. The van der Waals surface area contributed by atoms with Gasteiger partial charge in [-0.1, -0.05) is 52.3 Å². The third-order valence-electron chi connectivity index (χ3n) is 2.52. The number of ether oxygens (including phenoxy) is 1. The maximum atomic E-state index is 5.63. The van der Waals surface area contributed by atoms with Gasteiger partial charge in [-0.3, -0.25) is 0 Å². The molecule has 2 nitrogen and oxygen atoms in total. The molecule has 0 aliphatic heterocycles. The van der Waals surface area contributed by atoms with Crippen molar-refractivity contribution < 1.29 is 4.74 Å². The van der Waals surface area contributed by atoms with E-state index in [-0.39, 0.29) is 0 Å². The molecular weight excluding hydrogens is 290 g/mol. The Kier molecular flexibility index (Phi) is 5.24. The van der Waals surface area contributed by atoms with E-state index in [2.05, 4.69) is 45.5 Å². The van der Waals surface area contributed by atoms with Gasteiger partial charge in [0.25, 0.3) is 0 Å². The minimum Gasteiger partial charge on any atom is -0.492 e. The van der Waals surface area contributed by atoms with Crippen molar-refractivity contribution in [2.75, 3.05) is 13.2 Å². The maximum absolute atomic E-state index is 5.63. The van der Waals surface area contributed by atoms with Crippen LogP contribution in [0.15, 0.2) is 59.1 Å². The number of hydrogen-bond donors (Lipinski definition) is 1. The van der Waals surface area contributed by atoms with Gasteiger partial charge in [0.15, 0.2) is 0 Å². The van der Waals surface area contributed by atoms with Gasteiger partial charge >= 0.3 is 0 Å². The molecular formula is C15H16BrNO. The van der Waals surface area contributed by atoms with Crippen LogP contribution in [0.3, 0.4) is 0 Å². The number of hydrogen-bond acceptors (Lipinski definition) is 2. The Morgan fingerprint density at radius 1 is 1.00 bits per heavy atom. The maximum Gasteiger partial charge on any atom is 0.120 e. The minimum atomic E-state index is 0.670. The standard InChI is InChI=1S/C15H16BrNO/c16-14-7-4-8-15(11-14)18-10-9-17-12-13-5-2-1-3-6-13/h1-8,11,17H,9-10,12H2. The second-order valence-electron chi connectivity index (χ2n) is 3.97. The fourth-order valence-electron chi connectivity index (χ4n) is 1.63. The van der Waals surface area contributed by atoms with E-state index in [1.807, 2.05) is 30.3 Å². The van der Waals surface area contributed by atoms with Gasteiger partial charge in [-0.2, -0.15) is 0 Å². The molecule has 0 aromatic heterocycles. The SMILES string of the molecule is Brc1cccc(OCCNCc2ccccc2)c1. The first-order chi connectivity index (χ1) is 8.84. The molecule has 0 amide bonds. The van der Waals surface area contributed by atoms with Crippen LogP contribution in [0.4, 0.5) is 0 Å². The molecule has 0 spiro atoms. The molecule has 0 aliphatic rings. The Labute approximate surface area is 116 Å². The molecule has 0 heterocycles. The lowest BCUT2D eigenvalue weighted by atomic mass is 10.2. The largest absolute Gasteiger partial charge is 0.492 e. The summed E-state index contributed by atoms with van der Waals surface area (Å²) in [7, 11) is 0. The summed E-state index contributed by atoms with van der Waals surface area (Å²) < 4.78 is 6.67. The van der Waals surface area contributed by atoms with Crippen LogP contribution in [0, 0.1) is 0 Å². The highest BCUT2D eigenvalue weighted by Gasteiger charge is 1.95. The second kappa shape index (κ2) is 7.19. The van der Waals surface area contributed by atoms with Crippen molar-refractivity contribution in [3.05, 3.63) is 64.6 Å². The van der Waals surface area contributed by atoms with E-state index >= 15 is 0 Å². The molecule has 0 saturated carbocycles. The molecule has 2 aromatic rings. The smallest absolute Gasteiger partial charge is 0.120 e. The van der Waals surface area contributed by atoms with E-state index in [1.54, 1.807) is 0 Å². The van der Waals surface area contributed by atoms with E-state index in [1.165, 1.54) is 5.56 Å². The van der Waals surface area contributed by atoms with Crippen molar-refractivity contribution in [3.8, 4) is 5.75 Å². The van der Waals surface area contributed by atoms with Crippen molar-refractivity contribution in [3.63, 3.8) is 0 Å². The number of rotatable bonds is 6.